The van der Waals surface area contributed by atoms with E-state index in [0.29, 0.717) is 0 Å². The lowest BCUT2D eigenvalue weighted by Crippen LogP contribution is -2.18. The fourth-order valence-electron chi connectivity index (χ4n) is 1.78. The Morgan fingerprint density at radius 3 is 2.84 bits per heavy atom. The first-order valence-corrected chi connectivity index (χ1v) is 7.75. The van der Waals surface area contributed by atoms with Crippen molar-refractivity contribution in [2.75, 3.05) is 5.32 Å². The second-order valence-electron chi connectivity index (χ2n) is 4.25. The van der Waals surface area contributed by atoms with E-state index in [9.17, 15) is 10.1 Å². The van der Waals surface area contributed by atoms with Crippen LogP contribution in [0.15, 0.2) is 35.7 Å². The second kappa shape index (κ2) is 6.33. The van der Waals surface area contributed by atoms with E-state index in [1.807, 2.05) is 6.07 Å². The number of nitro benzene ring substituents is 1. The zero-order chi connectivity index (χ0) is 13.8. The van der Waals surface area contributed by atoms with Crippen LogP contribution in [-0.2, 0) is 6.42 Å². The van der Waals surface area contributed by atoms with Crippen LogP contribution in [0, 0.1) is 13.7 Å². The van der Waals surface area contributed by atoms with Gasteiger partial charge in [-0.1, -0.05) is 6.07 Å². The van der Waals surface area contributed by atoms with E-state index in [-0.39, 0.29) is 16.7 Å². The third kappa shape index (κ3) is 3.90. The van der Waals surface area contributed by atoms with Gasteiger partial charge in [0.15, 0.2) is 0 Å². The molecule has 0 spiro atoms. The van der Waals surface area contributed by atoms with Crippen molar-refractivity contribution in [3.05, 3.63) is 54.3 Å². The Morgan fingerprint density at radius 1 is 1.47 bits per heavy atom. The molecule has 19 heavy (non-hydrogen) atoms. The molecule has 0 fully saturated rings. The van der Waals surface area contributed by atoms with Gasteiger partial charge < -0.3 is 5.32 Å². The molecule has 0 bridgehead atoms. The Bertz CT molecular complexity index is 572. The van der Waals surface area contributed by atoms with Crippen LogP contribution >= 0.6 is 33.9 Å². The lowest BCUT2D eigenvalue weighted by atomic mass is 10.2. The minimum atomic E-state index is -0.374. The maximum atomic E-state index is 10.7. The van der Waals surface area contributed by atoms with E-state index in [1.165, 1.54) is 10.9 Å². The summed E-state index contributed by atoms with van der Waals surface area (Å²) >= 11 is 3.86. The van der Waals surface area contributed by atoms with Crippen LogP contribution in [0.3, 0.4) is 0 Å². The fourth-order valence-corrected chi connectivity index (χ4v) is 3.27. The van der Waals surface area contributed by atoms with Gasteiger partial charge >= 0.3 is 0 Å². The Kier molecular flexibility index (Phi) is 4.76. The largest absolute Gasteiger partial charge is 0.381 e. The zero-order valence-electron chi connectivity index (χ0n) is 10.3. The highest BCUT2D eigenvalue weighted by Crippen LogP contribution is 2.25. The third-order valence-electron chi connectivity index (χ3n) is 2.65. The number of halogens is 1. The first kappa shape index (κ1) is 14.3. The van der Waals surface area contributed by atoms with E-state index >= 15 is 0 Å². The monoisotopic (exact) mass is 388 g/mol. The molecule has 0 aliphatic rings. The van der Waals surface area contributed by atoms with Crippen LogP contribution in [0.2, 0.25) is 0 Å². The van der Waals surface area contributed by atoms with Crippen LogP contribution in [0.25, 0.3) is 0 Å². The van der Waals surface area contributed by atoms with Gasteiger partial charge in [-0.2, -0.15) is 0 Å². The molecular weight excluding hydrogens is 375 g/mol. The second-order valence-corrected chi connectivity index (χ2v) is 6.44. The summed E-state index contributed by atoms with van der Waals surface area (Å²) in [6.45, 7) is 2.11. The molecule has 1 aromatic carbocycles. The molecule has 100 valence electrons. The minimum absolute atomic E-state index is 0.126. The molecule has 0 aliphatic carbocycles. The number of nitrogens with one attached hydrogen (secondary N) is 1. The smallest absolute Gasteiger partial charge is 0.270 e. The van der Waals surface area contributed by atoms with Crippen molar-refractivity contribution in [1.82, 2.24) is 0 Å². The average Bonchev–Trinajstić information content (AvgIpc) is 2.84. The topological polar surface area (TPSA) is 55.2 Å². The van der Waals surface area contributed by atoms with Gasteiger partial charge in [0, 0.05) is 38.7 Å². The standard InChI is InChI=1S/C13H13IN2O2S/c1-9(7-11-3-2-6-19-11)15-13-5-4-10(16(17)18)8-12(13)14/h2-6,8-9,15H,7H2,1H3. The highest BCUT2D eigenvalue weighted by atomic mass is 127. The van der Waals surface area contributed by atoms with Crippen molar-refractivity contribution in [2.24, 2.45) is 0 Å². The zero-order valence-corrected chi connectivity index (χ0v) is 13.3. The molecule has 6 heteroatoms. The summed E-state index contributed by atoms with van der Waals surface area (Å²) in [6, 6.07) is 9.33. The molecule has 0 saturated carbocycles. The van der Waals surface area contributed by atoms with Gasteiger partial charge in [-0.3, -0.25) is 10.1 Å². The highest BCUT2D eigenvalue weighted by molar-refractivity contribution is 14.1. The molecule has 1 heterocycles. The van der Waals surface area contributed by atoms with Crippen LogP contribution in [-0.4, -0.2) is 11.0 Å². The number of hydrogen-bond acceptors (Lipinski definition) is 4. The summed E-state index contributed by atoms with van der Waals surface area (Å²) in [5, 5.41) is 16.1. The Morgan fingerprint density at radius 2 is 2.26 bits per heavy atom. The summed E-state index contributed by atoms with van der Waals surface area (Å²) in [5.41, 5.74) is 1.07. The molecule has 0 amide bonds. The average molecular weight is 388 g/mol. The minimum Gasteiger partial charge on any atom is -0.381 e. The van der Waals surface area contributed by atoms with Gasteiger partial charge in [-0.15, -0.1) is 11.3 Å². The number of hydrogen-bond donors (Lipinski definition) is 1. The first-order chi connectivity index (χ1) is 9.06. The van der Waals surface area contributed by atoms with Crippen LogP contribution in [0.1, 0.15) is 11.8 Å². The normalized spacial score (nSPS) is 12.1. The van der Waals surface area contributed by atoms with Crippen molar-refractivity contribution in [3.8, 4) is 0 Å². The number of thiophene rings is 1. The summed E-state index contributed by atoms with van der Waals surface area (Å²) in [5.74, 6) is 0. The van der Waals surface area contributed by atoms with E-state index in [2.05, 4.69) is 46.3 Å². The van der Waals surface area contributed by atoms with Crippen molar-refractivity contribution in [1.29, 1.82) is 0 Å². The molecule has 0 saturated heterocycles. The van der Waals surface area contributed by atoms with E-state index in [0.717, 1.165) is 15.7 Å². The Labute approximate surface area is 129 Å². The van der Waals surface area contributed by atoms with Crippen molar-refractivity contribution >= 4 is 45.3 Å². The number of nitro groups is 1. The van der Waals surface area contributed by atoms with Gasteiger partial charge in [0.25, 0.3) is 5.69 Å². The molecule has 1 unspecified atom stereocenters. The Hall–Kier alpha value is -1.15. The summed E-state index contributed by atoms with van der Waals surface area (Å²) in [4.78, 5) is 11.6. The number of anilines is 1. The third-order valence-corrected chi connectivity index (χ3v) is 4.44. The number of non-ortho nitro benzene ring substituents is 1. The SMILES string of the molecule is CC(Cc1cccs1)Nc1ccc([N+](=O)[O-])cc1I. The van der Waals surface area contributed by atoms with Crippen molar-refractivity contribution in [3.63, 3.8) is 0 Å². The molecule has 2 rings (SSSR count). The number of rotatable bonds is 5. The molecule has 0 aliphatic heterocycles. The molecule has 1 aromatic heterocycles. The maximum absolute atomic E-state index is 10.7. The quantitative estimate of drug-likeness (QED) is 0.472. The van der Waals surface area contributed by atoms with Gasteiger partial charge in [0.1, 0.15) is 0 Å². The Balaban J connectivity index is 2.04. The van der Waals surface area contributed by atoms with Gasteiger partial charge in [0.2, 0.25) is 0 Å². The number of nitrogens with zero attached hydrogens (tertiary/aromatic N) is 1. The molecule has 1 atom stereocenters. The molecule has 0 radical (unpaired) electrons. The summed E-state index contributed by atoms with van der Waals surface area (Å²) in [6.07, 6.45) is 0.949. The van der Waals surface area contributed by atoms with E-state index in [4.69, 9.17) is 0 Å². The van der Waals surface area contributed by atoms with Gasteiger partial charge in [0.05, 0.1) is 4.92 Å². The van der Waals surface area contributed by atoms with Crippen molar-refractivity contribution < 1.29 is 4.92 Å². The van der Waals surface area contributed by atoms with Crippen LogP contribution in [0.4, 0.5) is 11.4 Å². The van der Waals surface area contributed by atoms with Crippen molar-refractivity contribution in [2.45, 2.75) is 19.4 Å². The molecule has 4 nitrogen and oxygen atoms in total. The maximum Gasteiger partial charge on any atom is 0.270 e. The summed E-state index contributed by atoms with van der Waals surface area (Å²) < 4.78 is 0.866. The van der Waals surface area contributed by atoms with E-state index in [1.54, 1.807) is 23.5 Å². The number of benzene rings is 1. The van der Waals surface area contributed by atoms with E-state index < -0.39 is 0 Å². The van der Waals surface area contributed by atoms with Crippen LogP contribution < -0.4 is 5.32 Å². The van der Waals surface area contributed by atoms with Crippen LogP contribution in [0.5, 0.6) is 0 Å². The predicted molar refractivity (Wildman–Crippen MR) is 86.9 cm³/mol. The van der Waals surface area contributed by atoms with Gasteiger partial charge in [-0.25, -0.2) is 0 Å². The molecular formula is C13H13IN2O2S. The lowest BCUT2D eigenvalue weighted by molar-refractivity contribution is -0.384. The lowest BCUT2D eigenvalue weighted by Gasteiger charge is -2.15. The first-order valence-electron chi connectivity index (χ1n) is 5.79. The predicted octanol–water partition coefficient (Wildman–Crippen LogP) is 4.30. The molecule has 2 aromatic rings. The van der Waals surface area contributed by atoms with Gasteiger partial charge in [-0.05, 0) is 47.0 Å². The summed E-state index contributed by atoms with van der Waals surface area (Å²) in [7, 11) is 0. The highest BCUT2D eigenvalue weighted by Gasteiger charge is 2.11. The fraction of sp³-hybridized carbons (Fsp3) is 0.231. The molecule has 1 N–H and O–H groups in total.